The van der Waals surface area contributed by atoms with E-state index >= 15 is 0 Å². The van der Waals surface area contributed by atoms with Crippen LogP contribution < -0.4 is 5.73 Å². The summed E-state index contributed by atoms with van der Waals surface area (Å²) in [6, 6.07) is -0.859. The highest BCUT2D eigenvalue weighted by Gasteiger charge is 2.29. The Hall–Kier alpha value is -1.43. The molecule has 0 fully saturated rings. The molecule has 0 unspecified atom stereocenters. The first-order valence-electron chi connectivity index (χ1n) is 5.34. The van der Waals surface area contributed by atoms with Crippen molar-refractivity contribution < 1.29 is 19.1 Å². The molecule has 0 aliphatic rings. The normalized spacial score (nSPS) is 12.8. The van der Waals surface area contributed by atoms with Crippen LogP contribution >= 0.6 is 0 Å². The molecule has 0 spiro atoms. The summed E-state index contributed by atoms with van der Waals surface area (Å²) in [5.74, 6) is -0.945. The maximum absolute atomic E-state index is 11.7. The molecule has 0 aliphatic heterocycles. The van der Waals surface area contributed by atoms with Crippen molar-refractivity contribution in [2.45, 2.75) is 46.3 Å². The van der Waals surface area contributed by atoms with E-state index in [9.17, 15) is 14.4 Å². The van der Waals surface area contributed by atoms with Crippen LogP contribution in [0.2, 0.25) is 0 Å². The van der Waals surface area contributed by atoms with Crippen LogP contribution in [0.1, 0.15) is 34.6 Å². The van der Waals surface area contributed by atoms with Gasteiger partial charge in [0, 0.05) is 0 Å². The fraction of sp³-hybridized carbons (Fsp3) is 0.727. The van der Waals surface area contributed by atoms with Crippen LogP contribution in [0.25, 0.3) is 0 Å². The van der Waals surface area contributed by atoms with Gasteiger partial charge in [-0.15, -0.1) is 0 Å². The van der Waals surface area contributed by atoms with Gasteiger partial charge in [-0.3, -0.25) is 9.59 Å². The van der Waals surface area contributed by atoms with Crippen molar-refractivity contribution in [3.05, 3.63) is 0 Å². The number of nitrogens with zero attached hydrogens (tertiary/aromatic N) is 1. The van der Waals surface area contributed by atoms with Gasteiger partial charge in [0.15, 0.2) is 0 Å². The molecule has 0 bridgehead atoms. The average Bonchev–Trinajstić information content (AvgIpc) is 2.09. The van der Waals surface area contributed by atoms with E-state index in [0.29, 0.717) is 0 Å². The molecule has 0 aromatic carbocycles. The van der Waals surface area contributed by atoms with Gasteiger partial charge in [0.2, 0.25) is 5.91 Å². The Morgan fingerprint density at radius 2 is 1.76 bits per heavy atom. The summed E-state index contributed by atoms with van der Waals surface area (Å²) in [5.41, 5.74) is 4.67. The third-order valence-electron chi connectivity index (χ3n) is 1.65. The third kappa shape index (κ3) is 6.01. The smallest absolute Gasteiger partial charge is 0.417 e. The lowest BCUT2D eigenvalue weighted by Gasteiger charge is -2.26. The molecule has 17 heavy (non-hydrogen) atoms. The Morgan fingerprint density at radius 1 is 1.29 bits per heavy atom. The van der Waals surface area contributed by atoms with Crippen LogP contribution in [0, 0.1) is 0 Å². The first-order valence-corrected chi connectivity index (χ1v) is 5.34. The summed E-state index contributed by atoms with van der Waals surface area (Å²) in [7, 11) is 0. The number of nitrogens with two attached hydrogens (primary N) is 1. The van der Waals surface area contributed by atoms with E-state index in [4.69, 9.17) is 10.5 Å². The van der Waals surface area contributed by atoms with Gasteiger partial charge in [0.05, 0.1) is 12.6 Å². The van der Waals surface area contributed by atoms with Crippen molar-refractivity contribution in [3.63, 3.8) is 0 Å². The zero-order chi connectivity index (χ0) is 13.8. The molecular formula is C11H20N2O4. The summed E-state index contributed by atoms with van der Waals surface area (Å²) in [6.45, 7) is 7.43. The van der Waals surface area contributed by atoms with E-state index in [1.165, 1.54) is 13.8 Å². The second-order valence-corrected chi connectivity index (χ2v) is 4.90. The highest BCUT2D eigenvalue weighted by Crippen LogP contribution is 2.10. The van der Waals surface area contributed by atoms with Crippen molar-refractivity contribution >= 4 is 17.8 Å². The molecule has 0 aromatic rings. The number of rotatable bonds is 3. The third-order valence-corrected chi connectivity index (χ3v) is 1.65. The van der Waals surface area contributed by atoms with Crippen molar-refractivity contribution in [1.82, 2.24) is 4.90 Å². The van der Waals surface area contributed by atoms with E-state index in [1.807, 2.05) is 0 Å². The molecule has 1 atom stereocenters. The van der Waals surface area contributed by atoms with E-state index in [-0.39, 0.29) is 12.3 Å². The number of ether oxygens (including phenoxy) is 1. The number of imide groups is 1. The predicted molar refractivity (Wildman–Crippen MR) is 62.3 cm³/mol. The van der Waals surface area contributed by atoms with Gasteiger partial charge in [0.1, 0.15) is 11.4 Å². The number of carbonyl (C=O) groups excluding carboxylic acids is 3. The quantitative estimate of drug-likeness (QED) is 0.788. The van der Waals surface area contributed by atoms with Gasteiger partial charge in [-0.1, -0.05) is 0 Å². The van der Waals surface area contributed by atoms with Crippen LogP contribution in [0.5, 0.6) is 0 Å². The van der Waals surface area contributed by atoms with Gasteiger partial charge >= 0.3 is 6.09 Å². The predicted octanol–water partition coefficient (Wildman–Crippen LogP) is 0.686. The molecule has 0 saturated heterocycles. The number of ketones is 1. The fourth-order valence-electron chi connectivity index (χ4n) is 1.02. The topological polar surface area (TPSA) is 89.7 Å². The maximum atomic E-state index is 11.7. The molecule has 0 heterocycles. The lowest BCUT2D eigenvalue weighted by molar-refractivity contribution is -0.134. The molecule has 0 saturated carbocycles. The van der Waals surface area contributed by atoms with Crippen LogP contribution in [-0.2, 0) is 14.3 Å². The second-order valence-electron chi connectivity index (χ2n) is 4.90. The van der Waals surface area contributed by atoms with Crippen molar-refractivity contribution in [3.8, 4) is 0 Å². The molecule has 0 radical (unpaired) electrons. The van der Waals surface area contributed by atoms with E-state index < -0.39 is 23.6 Å². The standard InChI is InChI=1S/C11H20N2O4/c1-7(14)6-13(9(15)8(2)12)10(16)17-11(3,4)5/h8H,6,12H2,1-5H3/t8-/m1/s1. The summed E-state index contributed by atoms with van der Waals surface area (Å²) in [5, 5.41) is 0. The molecule has 0 aliphatic carbocycles. The van der Waals surface area contributed by atoms with Crippen LogP contribution in [0.15, 0.2) is 0 Å². The van der Waals surface area contributed by atoms with Crippen molar-refractivity contribution in [1.29, 1.82) is 0 Å². The summed E-state index contributed by atoms with van der Waals surface area (Å²) < 4.78 is 5.03. The number of hydrogen-bond acceptors (Lipinski definition) is 5. The Kier molecular flexibility index (Phi) is 5.28. The number of Topliss-reactive ketones (excluding diaryl/α,β-unsaturated/α-hetero) is 1. The van der Waals surface area contributed by atoms with Crippen LogP contribution in [-0.4, -0.2) is 40.9 Å². The molecule has 98 valence electrons. The van der Waals surface area contributed by atoms with Gasteiger partial charge < -0.3 is 10.5 Å². The highest BCUT2D eigenvalue weighted by atomic mass is 16.6. The largest absolute Gasteiger partial charge is 0.443 e. The van der Waals surface area contributed by atoms with Gasteiger partial charge in [-0.25, -0.2) is 9.69 Å². The molecule has 0 rings (SSSR count). The highest BCUT2D eigenvalue weighted by molar-refractivity contribution is 5.98. The Labute approximate surface area is 101 Å². The Balaban J connectivity index is 4.86. The van der Waals surface area contributed by atoms with Gasteiger partial charge in [0.25, 0.3) is 0 Å². The average molecular weight is 244 g/mol. The van der Waals surface area contributed by atoms with Gasteiger partial charge in [-0.2, -0.15) is 0 Å². The van der Waals surface area contributed by atoms with Crippen molar-refractivity contribution in [2.75, 3.05) is 6.54 Å². The molecular weight excluding hydrogens is 224 g/mol. The number of carbonyl (C=O) groups is 3. The molecule has 6 nitrogen and oxygen atoms in total. The summed E-state index contributed by atoms with van der Waals surface area (Å²) in [6.07, 6.45) is -0.852. The second kappa shape index (κ2) is 5.77. The summed E-state index contributed by atoms with van der Waals surface area (Å²) >= 11 is 0. The van der Waals surface area contributed by atoms with E-state index in [2.05, 4.69) is 0 Å². The van der Waals surface area contributed by atoms with Crippen molar-refractivity contribution in [2.24, 2.45) is 5.73 Å². The minimum atomic E-state index is -0.859. The zero-order valence-corrected chi connectivity index (χ0v) is 10.9. The molecule has 6 heteroatoms. The minimum absolute atomic E-state index is 0.315. The zero-order valence-electron chi connectivity index (χ0n) is 10.9. The van der Waals surface area contributed by atoms with Gasteiger partial charge in [-0.05, 0) is 34.6 Å². The first kappa shape index (κ1) is 15.6. The first-order chi connectivity index (χ1) is 7.54. The summed E-state index contributed by atoms with van der Waals surface area (Å²) in [4.78, 5) is 35.1. The van der Waals surface area contributed by atoms with E-state index in [0.717, 1.165) is 4.90 Å². The Morgan fingerprint density at radius 3 is 2.06 bits per heavy atom. The monoisotopic (exact) mass is 244 g/mol. The fourth-order valence-corrected chi connectivity index (χ4v) is 1.02. The molecule has 0 aromatic heterocycles. The lowest BCUT2D eigenvalue weighted by Crippen LogP contribution is -2.49. The lowest BCUT2D eigenvalue weighted by atomic mass is 10.2. The minimum Gasteiger partial charge on any atom is -0.443 e. The number of hydrogen-bond donors (Lipinski definition) is 1. The SMILES string of the molecule is CC(=O)CN(C(=O)OC(C)(C)C)C(=O)[C@@H](C)N. The Bertz CT molecular complexity index is 318. The van der Waals surface area contributed by atoms with Crippen LogP contribution in [0.4, 0.5) is 4.79 Å². The number of amides is 2. The molecule has 2 amide bonds. The maximum Gasteiger partial charge on any atom is 0.417 e. The molecule has 2 N–H and O–H groups in total. The van der Waals surface area contributed by atoms with E-state index in [1.54, 1.807) is 20.8 Å². The van der Waals surface area contributed by atoms with Crippen LogP contribution in [0.3, 0.4) is 0 Å².